The lowest BCUT2D eigenvalue weighted by molar-refractivity contribution is 0.0972. The van der Waals surface area contributed by atoms with Gasteiger partial charge in [0.05, 0.1) is 19.0 Å². The summed E-state index contributed by atoms with van der Waals surface area (Å²) >= 11 is 6.11. The van der Waals surface area contributed by atoms with E-state index in [9.17, 15) is 4.79 Å². The molecule has 22 heavy (non-hydrogen) atoms. The summed E-state index contributed by atoms with van der Waals surface area (Å²) in [4.78, 5) is 16.6. The van der Waals surface area contributed by atoms with Crippen LogP contribution < -0.4 is 0 Å². The van der Waals surface area contributed by atoms with Gasteiger partial charge in [0.2, 0.25) is 0 Å². The highest BCUT2D eigenvalue weighted by Gasteiger charge is 2.20. The molecule has 0 aromatic heterocycles. The van der Waals surface area contributed by atoms with E-state index in [1.807, 2.05) is 30.3 Å². The van der Waals surface area contributed by atoms with Crippen LogP contribution in [0.2, 0.25) is 5.15 Å². The van der Waals surface area contributed by atoms with E-state index in [1.54, 1.807) is 22.9 Å². The second kappa shape index (κ2) is 6.00. The van der Waals surface area contributed by atoms with Crippen molar-refractivity contribution in [3.05, 3.63) is 64.9 Å². The Balaban J connectivity index is 1.95. The Morgan fingerprint density at radius 2 is 2.00 bits per heavy atom. The number of carbonyl (C=O) groups excluding carboxylic acids is 1. The number of halogens is 1. The molecule has 4 nitrogen and oxygen atoms in total. The second-order valence-corrected chi connectivity index (χ2v) is 5.24. The Hall–Kier alpha value is -2.64. The van der Waals surface area contributed by atoms with Gasteiger partial charge in [-0.1, -0.05) is 41.9 Å². The molecule has 0 atom stereocenters. The van der Waals surface area contributed by atoms with E-state index in [0.29, 0.717) is 22.1 Å². The molecule has 2 heterocycles. The van der Waals surface area contributed by atoms with Gasteiger partial charge in [-0.3, -0.25) is 4.79 Å². The number of rotatable bonds is 4. The van der Waals surface area contributed by atoms with Crippen LogP contribution in [0.1, 0.15) is 15.9 Å². The van der Waals surface area contributed by atoms with Gasteiger partial charge in [-0.25, -0.2) is 4.98 Å². The summed E-state index contributed by atoms with van der Waals surface area (Å²) in [6.45, 7) is 0.181. The van der Waals surface area contributed by atoms with Crippen LogP contribution in [-0.4, -0.2) is 15.3 Å². The molecule has 0 unspecified atom stereocenters. The molecule has 0 radical (unpaired) electrons. The molecule has 0 saturated carbocycles. The average molecular weight is 310 g/mol. The van der Waals surface area contributed by atoms with Crippen LogP contribution in [0.4, 0.5) is 0 Å². The van der Waals surface area contributed by atoms with E-state index in [4.69, 9.17) is 16.9 Å². The van der Waals surface area contributed by atoms with Gasteiger partial charge in [0.25, 0.3) is 0 Å². The lowest BCUT2D eigenvalue weighted by Gasteiger charge is -2.11. The van der Waals surface area contributed by atoms with Crippen molar-refractivity contribution in [2.75, 3.05) is 0 Å². The normalized spacial score (nSPS) is 10.5. The standard InChI is InChI=1S/C17H12ClN3O/c18-16-13(8-9-19)14-7-4-10-21(17(14)20-16)11-15(22)12-5-2-1-3-6-12/h1-7,10H,8,11H2. The third-order valence-corrected chi connectivity index (χ3v) is 3.80. The number of hydrogen-bond donors (Lipinski definition) is 0. The highest BCUT2D eigenvalue weighted by atomic mass is 35.5. The Morgan fingerprint density at radius 3 is 2.73 bits per heavy atom. The number of nitrogens with zero attached hydrogens (tertiary/aromatic N) is 3. The molecule has 108 valence electrons. The van der Waals surface area contributed by atoms with Crippen LogP contribution in [0.3, 0.4) is 0 Å². The minimum atomic E-state index is -0.000874. The molecule has 0 saturated heterocycles. The fourth-order valence-corrected chi connectivity index (χ4v) is 2.67. The molecule has 0 amide bonds. The second-order valence-electron chi connectivity index (χ2n) is 4.88. The summed E-state index contributed by atoms with van der Waals surface area (Å²) in [5.41, 5.74) is 2.18. The van der Waals surface area contributed by atoms with Crippen LogP contribution in [0.25, 0.3) is 11.4 Å². The molecule has 2 aliphatic heterocycles. The lowest BCUT2D eigenvalue weighted by Crippen LogP contribution is -2.12. The highest BCUT2D eigenvalue weighted by molar-refractivity contribution is 6.31. The number of hydrogen-bond acceptors (Lipinski definition) is 3. The number of Topliss-reactive ketones (excluding diaryl/α,β-unsaturated/α-hetero) is 1. The van der Waals surface area contributed by atoms with Crippen molar-refractivity contribution in [2.24, 2.45) is 0 Å². The third kappa shape index (κ3) is 2.59. The first-order chi connectivity index (χ1) is 10.7. The van der Waals surface area contributed by atoms with Crippen molar-refractivity contribution < 1.29 is 4.79 Å². The molecule has 1 aromatic carbocycles. The molecular weight excluding hydrogens is 298 g/mol. The van der Waals surface area contributed by atoms with Crippen LogP contribution in [-0.2, 0) is 13.0 Å². The summed E-state index contributed by atoms with van der Waals surface area (Å²) in [6.07, 6.45) is 1.99. The zero-order chi connectivity index (χ0) is 15.5. The van der Waals surface area contributed by atoms with Crippen LogP contribution in [0.5, 0.6) is 0 Å². The number of carbonyl (C=O) groups is 1. The molecule has 1 aromatic rings. The summed E-state index contributed by atoms with van der Waals surface area (Å²) in [7, 11) is 0. The van der Waals surface area contributed by atoms with E-state index >= 15 is 0 Å². The van der Waals surface area contributed by atoms with Crippen LogP contribution in [0, 0.1) is 11.3 Å². The Labute approximate surface area is 132 Å². The monoisotopic (exact) mass is 309 g/mol. The van der Waals surface area contributed by atoms with Gasteiger partial charge < -0.3 is 4.57 Å². The Bertz CT molecular complexity index is 833. The quantitative estimate of drug-likeness (QED) is 0.692. The van der Waals surface area contributed by atoms with Crippen molar-refractivity contribution >= 4 is 17.4 Å². The lowest BCUT2D eigenvalue weighted by atomic mass is 10.1. The summed E-state index contributed by atoms with van der Waals surface area (Å²) in [6, 6.07) is 14.9. The molecule has 3 rings (SSSR count). The number of pyridine rings is 1. The third-order valence-electron chi connectivity index (χ3n) is 3.49. The fraction of sp³-hybridized carbons (Fsp3) is 0.118. The average Bonchev–Trinajstić information content (AvgIpc) is 2.86. The molecule has 0 aliphatic carbocycles. The zero-order valence-corrected chi connectivity index (χ0v) is 12.4. The van der Waals surface area contributed by atoms with Crippen LogP contribution in [0.15, 0.2) is 48.7 Å². The minimum Gasteiger partial charge on any atom is -0.325 e. The zero-order valence-electron chi connectivity index (χ0n) is 11.7. The first kappa shape index (κ1) is 14.3. The van der Waals surface area contributed by atoms with Crippen molar-refractivity contribution in [2.45, 2.75) is 13.0 Å². The van der Waals surface area contributed by atoms with Crippen molar-refractivity contribution in [3.8, 4) is 17.5 Å². The van der Waals surface area contributed by atoms with Crippen LogP contribution >= 0.6 is 11.6 Å². The van der Waals surface area contributed by atoms with E-state index in [2.05, 4.69) is 11.1 Å². The van der Waals surface area contributed by atoms with E-state index < -0.39 is 0 Å². The number of benzene rings is 1. The highest BCUT2D eigenvalue weighted by Crippen LogP contribution is 2.31. The van der Waals surface area contributed by atoms with E-state index in [-0.39, 0.29) is 18.7 Å². The topological polar surface area (TPSA) is 58.7 Å². The molecule has 0 spiro atoms. The van der Waals surface area contributed by atoms with Crippen molar-refractivity contribution in [3.63, 3.8) is 0 Å². The SMILES string of the molecule is N#CCc1c2cccn(CC(=O)c3ccccc3)c-2nc1Cl. The first-order valence-corrected chi connectivity index (χ1v) is 7.17. The molecule has 0 N–H and O–H groups in total. The van der Waals surface area contributed by atoms with Gasteiger partial charge in [-0.15, -0.1) is 0 Å². The number of ketones is 1. The smallest absolute Gasteiger partial charge is 0.182 e. The van der Waals surface area contributed by atoms with Gasteiger partial charge >= 0.3 is 0 Å². The van der Waals surface area contributed by atoms with E-state index in [1.165, 1.54) is 0 Å². The molecule has 5 heteroatoms. The Morgan fingerprint density at radius 1 is 1.23 bits per heavy atom. The molecule has 0 bridgehead atoms. The predicted molar refractivity (Wildman–Crippen MR) is 83.9 cm³/mol. The van der Waals surface area contributed by atoms with Crippen molar-refractivity contribution in [1.82, 2.24) is 9.55 Å². The molecule has 0 fully saturated rings. The van der Waals surface area contributed by atoms with Gasteiger partial charge in [-0.2, -0.15) is 5.26 Å². The van der Waals surface area contributed by atoms with Gasteiger partial charge in [0, 0.05) is 22.9 Å². The minimum absolute atomic E-state index is 0.000874. The maximum atomic E-state index is 12.3. The summed E-state index contributed by atoms with van der Waals surface area (Å²) < 4.78 is 1.76. The Kier molecular flexibility index (Phi) is 3.90. The van der Waals surface area contributed by atoms with Crippen molar-refractivity contribution in [1.29, 1.82) is 5.26 Å². The largest absolute Gasteiger partial charge is 0.325 e. The maximum Gasteiger partial charge on any atom is 0.182 e. The van der Waals surface area contributed by atoms with Gasteiger partial charge in [0.15, 0.2) is 5.78 Å². The molecule has 2 aliphatic rings. The number of fused-ring (bicyclic) bond motifs is 1. The number of aromatic nitrogens is 2. The first-order valence-electron chi connectivity index (χ1n) is 6.79. The fourth-order valence-electron chi connectivity index (χ4n) is 2.42. The summed E-state index contributed by atoms with van der Waals surface area (Å²) in [5, 5.41) is 9.21. The maximum absolute atomic E-state index is 12.3. The number of nitriles is 1. The predicted octanol–water partition coefficient (Wildman–Crippen LogP) is 3.59. The molecular formula is C17H12ClN3O. The van der Waals surface area contributed by atoms with Gasteiger partial charge in [0.1, 0.15) is 11.0 Å². The van der Waals surface area contributed by atoms with Gasteiger partial charge in [-0.05, 0) is 12.1 Å². The van der Waals surface area contributed by atoms with E-state index in [0.717, 1.165) is 5.56 Å². The summed E-state index contributed by atoms with van der Waals surface area (Å²) in [5.74, 6) is 0.626.